The second kappa shape index (κ2) is 1070. The monoisotopic (exact) mass is 180 g/mol. The Kier molecular flexibility index (Phi) is 180000. The Hall–Kier alpha value is 0.695. The van der Waals surface area contributed by atoms with Gasteiger partial charge in [-0.2, -0.15) is 0 Å². The molecule has 0 aromatic rings. The van der Waals surface area contributed by atoms with E-state index in [9.17, 15) is 0 Å². The van der Waals surface area contributed by atoms with E-state index in [-0.39, 0.29) is 70.7 Å². The Morgan fingerprint density at radius 3 is 0.444 bits per heavy atom. The Bertz CT molecular complexity index is 13.8. The Labute approximate surface area is 71.2 Å². The molecule has 0 heterocycles. The normalized spacial score (nSPS) is 0. The van der Waals surface area contributed by atoms with Gasteiger partial charge in [-0.1, -0.05) is 0 Å². The van der Waals surface area contributed by atoms with Crippen LogP contribution in [0.15, 0.2) is 0 Å². The maximum absolute atomic E-state index is 0. The minimum Gasteiger partial charge on any atom is -1.00 e. The maximum Gasteiger partial charge on any atom is 3.00 e. The summed E-state index contributed by atoms with van der Waals surface area (Å²) in [7, 11) is 0. The van der Waals surface area contributed by atoms with Gasteiger partial charge in [-0.05, 0) is 0 Å². The van der Waals surface area contributed by atoms with Gasteiger partial charge in [0, 0.05) is 0 Å². The summed E-state index contributed by atoms with van der Waals surface area (Å²) in [6, 6.07) is 0. The quantitative estimate of drug-likeness (QED) is 0.344. The zero-order chi connectivity index (χ0) is 0. The van der Waals surface area contributed by atoms with Gasteiger partial charge in [-0.3, -0.25) is 0 Å². The van der Waals surface area contributed by atoms with E-state index < -0.39 is 0 Å². The first-order chi connectivity index (χ1) is 0. The van der Waals surface area contributed by atoms with Crippen molar-refractivity contribution in [3.05, 3.63) is 0 Å². The zero-order valence-electron chi connectivity index (χ0n) is 4.13. The van der Waals surface area contributed by atoms with Crippen molar-refractivity contribution in [2.75, 3.05) is 0 Å². The predicted octanol–water partition coefficient (Wildman–Crippen LogP) is -11.1. The van der Waals surface area contributed by atoms with Crippen LogP contribution >= 0.6 is 0 Å². The molecule has 0 rings (SSSR count). The predicted molar refractivity (Wildman–Crippen MR) is 20.9 cm³/mol. The summed E-state index contributed by atoms with van der Waals surface area (Å²) in [5.74, 6) is 0. The van der Waals surface area contributed by atoms with Gasteiger partial charge < -0.3 is 36.0 Å². The number of halogens is 3. The van der Waals surface area contributed by atoms with Crippen LogP contribution in [0.4, 0.5) is 0 Å². The fraction of sp³-hybridized carbons (Fsp3) is 0. The van der Waals surface area contributed by atoms with E-state index in [1.165, 1.54) is 0 Å². The van der Waals surface area contributed by atoms with E-state index in [4.69, 9.17) is 0 Å². The Morgan fingerprint density at radius 1 is 0.444 bits per heavy atom. The van der Waals surface area contributed by atoms with Crippen molar-refractivity contribution < 1.29 is 36.0 Å². The average Bonchev–Trinajstić information content (AvgIpc) is 0. The van der Waals surface area contributed by atoms with E-state index in [0.717, 1.165) is 0 Å². The van der Waals surface area contributed by atoms with Crippen molar-refractivity contribution in [2.45, 2.75) is 0 Å². The number of rotatable bonds is 0. The summed E-state index contributed by atoms with van der Waals surface area (Å²) in [6.07, 6.45) is 0. The smallest absolute Gasteiger partial charge is 1.00 e. The summed E-state index contributed by atoms with van der Waals surface area (Å²) in [6.45, 7) is 0. The zero-order valence-corrected chi connectivity index (χ0v) is 6.44. The molecule has 0 aromatic carbocycles. The van der Waals surface area contributed by atoms with E-state index >= 15 is 0 Å². The van der Waals surface area contributed by atoms with Crippen molar-refractivity contribution in [1.82, 2.24) is 0 Å². The van der Waals surface area contributed by atoms with Crippen LogP contribution in [0.25, 0.3) is 0 Å². The van der Waals surface area contributed by atoms with Gasteiger partial charge >= 0.3 is 34.7 Å². The van der Waals surface area contributed by atoms with Crippen LogP contribution in [0.2, 0.25) is 0 Å². The van der Waals surface area contributed by atoms with Gasteiger partial charge in [-0.15, -0.1) is 0 Å². The van der Waals surface area contributed by atoms with Crippen LogP contribution in [0, 0.1) is 0 Å². The molecule has 4 nitrogen and oxygen atoms in total. The molecule has 0 aliphatic carbocycles. The summed E-state index contributed by atoms with van der Waals surface area (Å²) in [4.78, 5) is 0. The molecule has 0 amide bonds. The summed E-state index contributed by atoms with van der Waals surface area (Å²) in [5.41, 5.74) is 0. The summed E-state index contributed by atoms with van der Waals surface area (Å²) in [5, 5.41) is 0. The first-order valence-electron chi connectivity index (χ1n) is 0. The van der Waals surface area contributed by atoms with Gasteiger partial charge in [0.05, 0.1) is 0 Å². The largest absolute Gasteiger partial charge is 3.00 e. The van der Waals surface area contributed by atoms with Crippen molar-refractivity contribution in [1.29, 1.82) is 0 Å². The first kappa shape index (κ1) is 1520. The number of hydrogen-bond donors (Lipinski definition) is 0. The molecule has 5 N–H and O–H groups in total. The molecule has 0 bridgehead atoms. The topological polar surface area (TPSA) is 122 Å². The van der Waals surface area contributed by atoms with Crippen LogP contribution in [0.3, 0.4) is 0 Å². The SMILES string of the molecule is O.[Al+3].[Al+3].[F-].[F-].[F-].[OH-].[OH-].[OH-]. The van der Waals surface area contributed by atoms with E-state index in [0.29, 0.717) is 0 Å². The molecule has 0 atom stereocenters. The van der Waals surface area contributed by atoms with Gasteiger partial charge in [0.25, 0.3) is 0 Å². The van der Waals surface area contributed by atoms with Gasteiger partial charge in [-0.25, -0.2) is 0 Å². The molecule has 0 radical (unpaired) electrons. The molecular weight excluding hydrogens is 175 g/mol. The average molecular weight is 180 g/mol. The molecule has 0 unspecified atom stereocenters. The molecule has 0 spiro atoms. The minimum absolute atomic E-state index is 0. The molecule has 0 fully saturated rings. The molecule has 0 saturated heterocycles. The van der Waals surface area contributed by atoms with Crippen LogP contribution in [0.5, 0.6) is 0 Å². The fourth-order valence-corrected chi connectivity index (χ4v) is 0. The van der Waals surface area contributed by atoms with Crippen LogP contribution in [-0.2, 0) is 0 Å². The van der Waals surface area contributed by atoms with Crippen molar-refractivity contribution in [3.63, 3.8) is 0 Å². The van der Waals surface area contributed by atoms with Crippen LogP contribution in [-0.4, -0.2) is 56.6 Å². The van der Waals surface area contributed by atoms with Crippen LogP contribution in [0.1, 0.15) is 0 Å². The Balaban J connectivity index is 0. The van der Waals surface area contributed by atoms with Crippen molar-refractivity contribution >= 4 is 34.7 Å². The molecule has 0 aromatic heterocycles. The second-order valence-electron chi connectivity index (χ2n) is 0. The molecule has 9 heteroatoms. The summed E-state index contributed by atoms with van der Waals surface area (Å²) < 4.78 is 0. The third-order valence-corrected chi connectivity index (χ3v) is 0. The molecule has 0 aliphatic rings. The van der Waals surface area contributed by atoms with Crippen LogP contribution < -0.4 is 14.1 Å². The molecule has 56 valence electrons. The molecule has 9 heavy (non-hydrogen) atoms. The van der Waals surface area contributed by atoms with Gasteiger partial charge in [0.2, 0.25) is 0 Å². The Morgan fingerprint density at radius 2 is 0.444 bits per heavy atom. The van der Waals surface area contributed by atoms with E-state index in [1.54, 1.807) is 0 Å². The van der Waals surface area contributed by atoms with E-state index in [1.807, 2.05) is 0 Å². The minimum atomic E-state index is 0. The van der Waals surface area contributed by atoms with Crippen molar-refractivity contribution in [2.24, 2.45) is 0 Å². The second-order valence-corrected chi connectivity index (χ2v) is 0. The summed E-state index contributed by atoms with van der Waals surface area (Å²) >= 11 is 0. The van der Waals surface area contributed by atoms with Gasteiger partial charge in [0.1, 0.15) is 0 Å². The first-order valence-corrected chi connectivity index (χ1v) is 0. The third kappa shape index (κ3) is 807. The standard InChI is InChI=1S/2Al.3FH.4H2O/h;;3*1H;4*1H2/q2*+3;;;;;;;/p-6. The maximum atomic E-state index is 0. The van der Waals surface area contributed by atoms with Gasteiger partial charge in [0.15, 0.2) is 0 Å². The number of hydrogen-bond acceptors (Lipinski definition) is 3. The molecular formula is H5Al2F3O4. The fourth-order valence-electron chi connectivity index (χ4n) is 0. The molecule has 0 saturated carbocycles. The van der Waals surface area contributed by atoms with E-state index in [2.05, 4.69) is 0 Å². The van der Waals surface area contributed by atoms with Crippen molar-refractivity contribution in [3.8, 4) is 0 Å². The molecule has 0 aliphatic heterocycles. The third-order valence-electron chi connectivity index (χ3n) is 0.